The minimum absolute atomic E-state index is 0.118. The van der Waals surface area contributed by atoms with Gasteiger partial charge in [-0.1, -0.05) is 34.6 Å². The van der Waals surface area contributed by atoms with E-state index in [0.717, 1.165) is 0 Å². The first-order chi connectivity index (χ1) is 7.42. The SMILES string of the molecule is O=[N+]([O-])S(=O)(=O)ON(O)Cc1ccccc1. The van der Waals surface area contributed by atoms with Gasteiger partial charge in [0.2, 0.25) is 0 Å². The molecule has 0 unspecified atom stereocenters. The average Bonchev–Trinajstić information content (AvgIpc) is 2.17. The molecule has 9 heteroatoms. The Morgan fingerprint density at radius 2 is 1.94 bits per heavy atom. The van der Waals surface area contributed by atoms with Gasteiger partial charge in [0.1, 0.15) is 0 Å². The molecule has 1 rings (SSSR count). The summed E-state index contributed by atoms with van der Waals surface area (Å²) in [6.45, 7) is -0.312. The lowest BCUT2D eigenvalue weighted by Gasteiger charge is -2.09. The van der Waals surface area contributed by atoms with Crippen LogP contribution in [0, 0.1) is 10.1 Å². The zero-order valence-corrected chi connectivity index (χ0v) is 8.70. The van der Waals surface area contributed by atoms with Crippen molar-refractivity contribution in [1.29, 1.82) is 0 Å². The van der Waals surface area contributed by atoms with Gasteiger partial charge in [-0.2, -0.15) is 0 Å². The zero-order chi connectivity index (χ0) is 12.2. The van der Waals surface area contributed by atoms with Crippen LogP contribution in [0.1, 0.15) is 5.56 Å². The van der Waals surface area contributed by atoms with Gasteiger partial charge in [0, 0.05) is 0 Å². The molecule has 0 aromatic heterocycles. The van der Waals surface area contributed by atoms with Crippen molar-refractivity contribution in [3.05, 3.63) is 46.0 Å². The quantitative estimate of drug-likeness (QED) is 0.590. The Bertz CT molecular complexity index is 459. The lowest BCUT2D eigenvalue weighted by molar-refractivity contribution is -0.363. The Morgan fingerprint density at radius 3 is 2.44 bits per heavy atom. The molecule has 1 aromatic rings. The summed E-state index contributed by atoms with van der Waals surface area (Å²) in [6.07, 6.45) is 0. The number of nitrogens with zero attached hydrogens (tertiary/aromatic N) is 2. The molecule has 0 heterocycles. The summed E-state index contributed by atoms with van der Waals surface area (Å²) in [5.74, 6) is 0. The largest absolute Gasteiger partial charge is 0.585 e. The lowest BCUT2D eigenvalue weighted by Crippen LogP contribution is -2.27. The fraction of sp³-hybridized carbons (Fsp3) is 0.143. The standard InChI is InChI=1S/C7H8N2O6S/c10-8(15-16(13,14)9(11)12)6-7-4-2-1-3-5-7/h1-5,10H,6H2. The minimum atomic E-state index is -5.02. The van der Waals surface area contributed by atoms with Crippen molar-refractivity contribution in [2.45, 2.75) is 6.54 Å². The highest BCUT2D eigenvalue weighted by Gasteiger charge is 2.29. The summed E-state index contributed by atoms with van der Waals surface area (Å²) in [4.78, 5) is 9.96. The van der Waals surface area contributed by atoms with Gasteiger partial charge in [0.25, 0.3) is 0 Å². The van der Waals surface area contributed by atoms with E-state index in [4.69, 9.17) is 5.21 Å². The van der Waals surface area contributed by atoms with Gasteiger partial charge in [0.15, 0.2) is 4.33 Å². The van der Waals surface area contributed by atoms with Crippen molar-refractivity contribution < 1.29 is 22.2 Å². The number of nitro groups is 1. The van der Waals surface area contributed by atoms with Gasteiger partial charge in [-0.25, -0.2) is 10.1 Å². The third-order valence-electron chi connectivity index (χ3n) is 1.52. The zero-order valence-electron chi connectivity index (χ0n) is 7.88. The van der Waals surface area contributed by atoms with E-state index in [-0.39, 0.29) is 11.8 Å². The molecule has 0 atom stereocenters. The Balaban J connectivity index is 2.62. The van der Waals surface area contributed by atoms with Crippen LogP contribution in [0.15, 0.2) is 30.3 Å². The second kappa shape index (κ2) is 4.99. The van der Waals surface area contributed by atoms with Gasteiger partial charge in [-0.3, -0.25) is 5.21 Å². The molecule has 0 radical (unpaired) electrons. The van der Waals surface area contributed by atoms with E-state index < -0.39 is 14.6 Å². The maximum absolute atomic E-state index is 10.6. The van der Waals surface area contributed by atoms with Crippen molar-refractivity contribution in [3.8, 4) is 0 Å². The molecular weight excluding hydrogens is 240 g/mol. The Kier molecular flexibility index (Phi) is 3.90. The molecule has 88 valence electrons. The van der Waals surface area contributed by atoms with Gasteiger partial charge in [-0.15, -0.1) is 8.42 Å². The summed E-state index contributed by atoms with van der Waals surface area (Å²) in [5, 5.41) is 18.9. The fourth-order valence-corrected chi connectivity index (χ4v) is 1.23. The van der Waals surface area contributed by atoms with Crippen molar-refractivity contribution in [2.75, 3.05) is 0 Å². The van der Waals surface area contributed by atoms with E-state index in [1.54, 1.807) is 30.3 Å². The minimum Gasteiger partial charge on any atom is -0.288 e. The number of rotatable bonds is 5. The third-order valence-corrected chi connectivity index (χ3v) is 2.25. The highest BCUT2D eigenvalue weighted by molar-refractivity contribution is 7.80. The van der Waals surface area contributed by atoms with Crippen molar-refractivity contribution >= 4 is 10.3 Å². The third kappa shape index (κ3) is 3.55. The summed E-state index contributed by atoms with van der Waals surface area (Å²) >= 11 is 0. The Morgan fingerprint density at radius 1 is 1.38 bits per heavy atom. The first-order valence-electron chi connectivity index (χ1n) is 4.01. The maximum Gasteiger partial charge on any atom is 0.585 e. The van der Waals surface area contributed by atoms with Crippen LogP contribution in [0.4, 0.5) is 0 Å². The van der Waals surface area contributed by atoms with Gasteiger partial charge in [0.05, 0.1) is 6.54 Å². The first kappa shape index (κ1) is 12.5. The molecule has 0 bridgehead atoms. The second-order valence-electron chi connectivity index (χ2n) is 2.72. The molecule has 1 N–H and O–H groups in total. The molecule has 8 nitrogen and oxygen atoms in total. The van der Waals surface area contributed by atoms with E-state index in [9.17, 15) is 18.5 Å². The molecule has 0 aliphatic carbocycles. The van der Waals surface area contributed by atoms with Crippen LogP contribution < -0.4 is 0 Å². The molecule has 0 fully saturated rings. The monoisotopic (exact) mass is 248 g/mol. The van der Waals surface area contributed by atoms with Gasteiger partial charge in [-0.05, 0) is 10.8 Å². The predicted molar refractivity (Wildman–Crippen MR) is 50.8 cm³/mol. The number of benzene rings is 1. The van der Waals surface area contributed by atoms with E-state index in [2.05, 4.69) is 4.28 Å². The first-order valence-corrected chi connectivity index (χ1v) is 5.38. The summed E-state index contributed by atoms with van der Waals surface area (Å²) < 4.78 is 23.3. The molecule has 0 saturated carbocycles. The Labute approximate surface area is 91.0 Å². The second-order valence-corrected chi connectivity index (χ2v) is 4.02. The highest BCUT2D eigenvalue weighted by Crippen LogP contribution is 2.05. The van der Waals surface area contributed by atoms with E-state index >= 15 is 0 Å². The fourth-order valence-electron chi connectivity index (χ4n) is 0.902. The van der Waals surface area contributed by atoms with Crippen molar-refractivity contribution in [3.63, 3.8) is 0 Å². The number of hydrogen-bond acceptors (Lipinski definition) is 7. The van der Waals surface area contributed by atoms with Crippen LogP contribution in [0.2, 0.25) is 0 Å². The maximum atomic E-state index is 10.6. The molecule has 0 aliphatic rings. The molecule has 0 spiro atoms. The van der Waals surface area contributed by atoms with Crippen LogP contribution in [-0.2, 0) is 21.1 Å². The number of hydroxylamine groups is 2. The van der Waals surface area contributed by atoms with Crippen molar-refractivity contribution in [1.82, 2.24) is 5.23 Å². The Hall–Kier alpha value is -1.55. The average molecular weight is 248 g/mol. The molecular formula is C7H8N2O6S. The van der Waals surface area contributed by atoms with Crippen LogP contribution in [0.25, 0.3) is 0 Å². The summed E-state index contributed by atoms with van der Waals surface area (Å²) in [7, 11) is -5.02. The van der Waals surface area contributed by atoms with E-state index in [1.807, 2.05) is 0 Å². The lowest BCUT2D eigenvalue weighted by atomic mass is 10.2. The van der Waals surface area contributed by atoms with E-state index in [1.165, 1.54) is 0 Å². The molecule has 0 amide bonds. The van der Waals surface area contributed by atoms with Crippen LogP contribution >= 0.6 is 0 Å². The predicted octanol–water partition coefficient (Wildman–Crippen LogP) is 0.331. The van der Waals surface area contributed by atoms with Gasteiger partial charge < -0.3 is 0 Å². The summed E-state index contributed by atoms with van der Waals surface area (Å²) in [6, 6.07) is 8.22. The van der Waals surface area contributed by atoms with Crippen molar-refractivity contribution in [2.24, 2.45) is 0 Å². The van der Waals surface area contributed by atoms with Crippen LogP contribution in [0.5, 0.6) is 0 Å². The van der Waals surface area contributed by atoms with Crippen LogP contribution in [-0.4, -0.2) is 23.2 Å². The smallest absolute Gasteiger partial charge is 0.288 e. The molecule has 0 saturated heterocycles. The normalized spacial score (nSPS) is 11.6. The molecule has 0 aliphatic heterocycles. The molecule has 16 heavy (non-hydrogen) atoms. The number of hydrogen-bond donors (Lipinski definition) is 1. The topological polar surface area (TPSA) is 110 Å². The van der Waals surface area contributed by atoms with Gasteiger partial charge >= 0.3 is 10.3 Å². The molecule has 1 aromatic carbocycles. The van der Waals surface area contributed by atoms with E-state index in [0.29, 0.717) is 5.56 Å². The van der Waals surface area contributed by atoms with Crippen LogP contribution in [0.3, 0.4) is 0 Å². The summed E-state index contributed by atoms with van der Waals surface area (Å²) in [5.41, 5.74) is 0.531. The highest BCUT2D eigenvalue weighted by atomic mass is 32.2.